The highest BCUT2D eigenvalue weighted by Gasteiger charge is 2.24. The van der Waals surface area contributed by atoms with Crippen molar-refractivity contribution >= 4 is 27.3 Å². The lowest BCUT2D eigenvalue weighted by Crippen LogP contribution is -2.36. The quantitative estimate of drug-likeness (QED) is 0.480. The van der Waals surface area contributed by atoms with E-state index in [1.807, 2.05) is 17.5 Å². The third kappa shape index (κ3) is 6.09. The molecule has 0 radical (unpaired) electrons. The summed E-state index contributed by atoms with van der Waals surface area (Å²) in [6.07, 6.45) is 2.35. The van der Waals surface area contributed by atoms with E-state index in [0.717, 1.165) is 18.0 Å². The van der Waals surface area contributed by atoms with Crippen LogP contribution in [0.3, 0.4) is 0 Å². The monoisotopic (exact) mass is 483 g/mol. The fraction of sp³-hybridized carbons (Fsp3) is 0.320. The number of benzene rings is 2. The van der Waals surface area contributed by atoms with Crippen molar-refractivity contribution in [2.75, 3.05) is 19.6 Å². The van der Waals surface area contributed by atoms with Crippen LogP contribution in [-0.2, 0) is 16.6 Å². The largest absolute Gasteiger partial charge is 0.350 e. The first kappa shape index (κ1) is 23.6. The van der Waals surface area contributed by atoms with Crippen molar-refractivity contribution < 1.29 is 13.2 Å². The van der Waals surface area contributed by atoms with Gasteiger partial charge >= 0.3 is 0 Å². The molecular formula is C25H29N3O3S2. The second kappa shape index (κ2) is 10.6. The highest BCUT2D eigenvalue weighted by molar-refractivity contribution is 7.89. The maximum atomic E-state index is 12.8. The average molecular weight is 484 g/mol. The van der Waals surface area contributed by atoms with Gasteiger partial charge in [-0.15, -0.1) is 11.3 Å². The van der Waals surface area contributed by atoms with Gasteiger partial charge in [-0.1, -0.05) is 35.9 Å². The van der Waals surface area contributed by atoms with E-state index in [-0.39, 0.29) is 23.4 Å². The number of sulfonamides is 1. The number of nitrogens with zero attached hydrogens (tertiary/aromatic N) is 1. The Bertz CT molecular complexity index is 1150. The second-order valence-electron chi connectivity index (χ2n) is 8.31. The predicted octanol–water partition coefficient (Wildman–Crippen LogP) is 4.10. The van der Waals surface area contributed by atoms with Crippen LogP contribution >= 0.6 is 11.3 Å². The van der Waals surface area contributed by atoms with Gasteiger partial charge in [0.1, 0.15) is 0 Å². The van der Waals surface area contributed by atoms with E-state index in [1.54, 1.807) is 12.1 Å². The Kier molecular flexibility index (Phi) is 7.60. The van der Waals surface area contributed by atoms with Crippen molar-refractivity contribution in [1.29, 1.82) is 0 Å². The summed E-state index contributed by atoms with van der Waals surface area (Å²) in [5.74, 6) is -0.207. The van der Waals surface area contributed by atoms with Crippen molar-refractivity contribution in [3.8, 4) is 0 Å². The normalized spacial score (nSPS) is 15.4. The minimum Gasteiger partial charge on any atom is -0.350 e. The molecule has 2 heterocycles. The van der Waals surface area contributed by atoms with E-state index in [4.69, 9.17) is 0 Å². The third-order valence-corrected chi connectivity index (χ3v) is 8.24. The number of likely N-dealkylation sites (tertiary alicyclic amines) is 1. The van der Waals surface area contributed by atoms with Crippen molar-refractivity contribution in [1.82, 2.24) is 14.9 Å². The Morgan fingerprint density at radius 2 is 1.73 bits per heavy atom. The van der Waals surface area contributed by atoms with Gasteiger partial charge in [0, 0.05) is 23.5 Å². The van der Waals surface area contributed by atoms with E-state index in [2.05, 4.69) is 46.1 Å². The van der Waals surface area contributed by atoms with E-state index in [9.17, 15) is 13.2 Å². The number of carbonyl (C=O) groups excluding carboxylic acids is 1. The first-order valence-electron chi connectivity index (χ1n) is 11.1. The van der Waals surface area contributed by atoms with Gasteiger partial charge in [-0.25, -0.2) is 13.1 Å². The SMILES string of the molecule is Cc1ccc(C(CNC(=O)c2ccc(S(=O)(=O)NCc3cccs3)cc2)N2CCCC2)cc1. The van der Waals surface area contributed by atoms with Crippen LogP contribution in [0.5, 0.6) is 0 Å². The van der Waals surface area contributed by atoms with Gasteiger partial charge in [-0.05, 0) is 74.1 Å². The number of carbonyl (C=O) groups is 1. The van der Waals surface area contributed by atoms with Crippen LogP contribution in [0, 0.1) is 6.92 Å². The van der Waals surface area contributed by atoms with E-state index < -0.39 is 10.0 Å². The molecule has 1 aromatic heterocycles. The Balaban J connectivity index is 1.39. The summed E-state index contributed by atoms with van der Waals surface area (Å²) in [6.45, 7) is 4.88. The lowest BCUT2D eigenvalue weighted by molar-refractivity contribution is 0.0938. The molecule has 8 heteroatoms. The number of nitrogens with one attached hydrogen (secondary N) is 2. The van der Waals surface area contributed by atoms with Gasteiger partial charge in [0.05, 0.1) is 10.9 Å². The van der Waals surface area contributed by atoms with E-state index in [0.29, 0.717) is 12.1 Å². The van der Waals surface area contributed by atoms with Crippen LogP contribution in [0.25, 0.3) is 0 Å². The third-order valence-electron chi connectivity index (χ3n) is 5.94. The van der Waals surface area contributed by atoms with Crippen LogP contribution in [0.2, 0.25) is 0 Å². The predicted molar refractivity (Wildman–Crippen MR) is 132 cm³/mol. The average Bonchev–Trinajstić information content (AvgIpc) is 3.54. The van der Waals surface area contributed by atoms with Crippen LogP contribution in [0.4, 0.5) is 0 Å². The van der Waals surface area contributed by atoms with Crippen LogP contribution in [-0.4, -0.2) is 38.9 Å². The molecule has 3 aromatic rings. The molecule has 0 aliphatic carbocycles. The fourth-order valence-corrected chi connectivity index (χ4v) is 5.78. The molecule has 6 nitrogen and oxygen atoms in total. The molecule has 2 aromatic carbocycles. The minimum atomic E-state index is -3.64. The molecule has 2 N–H and O–H groups in total. The van der Waals surface area contributed by atoms with Crippen molar-refractivity contribution in [2.24, 2.45) is 0 Å². The molecule has 0 saturated carbocycles. The summed E-state index contributed by atoms with van der Waals surface area (Å²) in [5.41, 5.74) is 2.85. The summed E-state index contributed by atoms with van der Waals surface area (Å²) in [6, 6.07) is 18.4. The fourth-order valence-electron chi connectivity index (χ4n) is 4.04. The van der Waals surface area contributed by atoms with Crippen molar-refractivity contribution in [3.63, 3.8) is 0 Å². The van der Waals surface area contributed by atoms with Gasteiger partial charge in [0.2, 0.25) is 10.0 Å². The number of thiophene rings is 1. The Hall–Kier alpha value is -2.52. The van der Waals surface area contributed by atoms with E-state index in [1.165, 1.54) is 47.4 Å². The smallest absolute Gasteiger partial charge is 0.251 e. The first-order valence-corrected chi connectivity index (χ1v) is 13.5. The summed E-state index contributed by atoms with van der Waals surface area (Å²) in [7, 11) is -3.64. The molecule has 33 heavy (non-hydrogen) atoms. The highest BCUT2D eigenvalue weighted by Crippen LogP contribution is 2.25. The Morgan fingerprint density at radius 1 is 1.03 bits per heavy atom. The zero-order valence-corrected chi connectivity index (χ0v) is 20.3. The molecule has 1 unspecified atom stereocenters. The molecule has 1 amide bonds. The zero-order chi connectivity index (χ0) is 23.3. The van der Waals surface area contributed by atoms with Gasteiger partial charge in [0.15, 0.2) is 0 Å². The van der Waals surface area contributed by atoms with E-state index >= 15 is 0 Å². The van der Waals surface area contributed by atoms with Gasteiger partial charge in [-0.2, -0.15) is 0 Å². The maximum Gasteiger partial charge on any atom is 0.251 e. The summed E-state index contributed by atoms with van der Waals surface area (Å²) in [5, 5.41) is 4.95. The van der Waals surface area contributed by atoms with Crippen molar-refractivity contribution in [2.45, 2.75) is 37.2 Å². The molecule has 1 atom stereocenters. The standard InChI is InChI=1S/C25H29N3O3S2/c1-19-6-8-20(9-7-19)24(28-14-2-3-15-28)18-26-25(29)21-10-12-23(13-11-21)33(30,31)27-17-22-5-4-16-32-22/h4-13,16,24,27H,2-3,14-15,17-18H2,1H3,(H,26,29). The molecule has 1 aliphatic heterocycles. The zero-order valence-electron chi connectivity index (χ0n) is 18.7. The van der Waals surface area contributed by atoms with Crippen LogP contribution < -0.4 is 10.0 Å². The Labute approximate surface area is 199 Å². The molecule has 4 rings (SSSR count). The van der Waals surface area contributed by atoms with Crippen LogP contribution in [0.15, 0.2) is 70.9 Å². The van der Waals surface area contributed by atoms with Crippen molar-refractivity contribution in [3.05, 3.63) is 87.6 Å². The number of aryl methyl sites for hydroxylation is 1. The molecule has 1 aliphatic rings. The molecule has 1 saturated heterocycles. The molecule has 0 bridgehead atoms. The molecule has 174 valence electrons. The second-order valence-corrected chi connectivity index (χ2v) is 11.1. The summed E-state index contributed by atoms with van der Waals surface area (Å²) in [4.78, 5) is 16.3. The number of hydrogen-bond donors (Lipinski definition) is 2. The van der Waals surface area contributed by atoms with Crippen LogP contribution in [0.1, 0.15) is 45.2 Å². The van der Waals surface area contributed by atoms with Gasteiger partial charge in [0.25, 0.3) is 5.91 Å². The first-order chi connectivity index (χ1) is 15.9. The lowest BCUT2D eigenvalue weighted by atomic mass is 10.0. The van der Waals surface area contributed by atoms with Gasteiger partial charge in [-0.3, -0.25) is 9.69 Å². The number of rotatable bonds is 9. The summed E-state index contributed by atoms with van der Waals surface area (Å²) >= 11 is 1.50. The minimum absolute atomic E-state index is 0.123. The molecular weight excluding hydrogens is 454 g/mol. The Morgan fingerprint density at radius 3 is 2.36 bits per heavy atom. The van der Waals surface area contributed by atoms with Gasteiger partial charge < -0.3 is 5.32 Å². The lowest BCUT2D eigenvalue weighted by Gasteiger charge is -2.28. The number of amides is 1. The highest BCUT2D eigenvalue weighted by atomic mass is 32.2. The topological polar surface area (TPSA) is 78.5 Å². The molecule has 1 fully saturated rings. The summed E-state index contributed by atoms with van der Waals surface area (Å²) < 4.78 is 27.7. The molecule has 0 spiro atoms. The maximum absolute atomic E-state index is 12.8. The number of hydrogen-bond acceptors (Lipinski definition) is 5.